The first kappa shape index (κ1) is 21.5. The molecule has 0 spiro atoms. The second-order valence-corrected chi connectivity index (χ2v) is 12.1. The minimum atomic E-state index is -3.22. The molecule has 0 aromatic heterocycles. The van der Waals surface area contributed by atoms with Crippen molar-refractivity contribution in [3.8, 4) is 0 Å². The van der Waals surface area contributed by atoms with E-state index in [-0.39, 0.29) is 23.7 Å². The van der Waals surface area contributed by atoms with Gasteiger partial charge in [-0.15, -0.1) is 0 Å². The fourth-order valence-corrected chi connectivity index (χ4v) is 5.74. The first-order valence-corrected chi connectivity index (χ1v) is 12.8. The van der Waals surface area contributed by atoms with Crippen LogP contribution in [0.2, 0.25) is 0 Å². The Morgan fingerprint density at radius 3 is 2.10 bits per heavy atom. The number of sulfonamides is 1. The van der Waals surface area contributed by atoms with Crippen molar-refractivity contribution in [3.63, 3.8) is 0 Å². The zero-order chi connectivity index (χ0) is 21.2. The van der Waals surface area contributed by atoms with Gasteiger partial charge in [-0.2, -0.15) is 0 Å². The SMILES string of the molecule is CC(C)S(=O)(=O)Cc1ccc(C(=O)Cc2ccc(N3CCCS3(=O)=O)cc2)cc1. The van der Waals surface area contributed by atoms with Crippen LogP contribution in [0.1, 0.15) is 41.8 Å². The summed E-state index contributed by atoms with van der Waals surface area (Å²) in [5.74, 6) is 0.0478. The van der Waals surface area contributed by atoms with Gasteiger partial charge in [-0.3, -0.25) is 9.10 Å². The highest BCUT2D eigenvalue weighted by atomic mass is 32.2. The van der Waals surface area contributed by atoms with Gasteiger partial charge in [0.15, 0.2) is 15.6 Å². The number of carbonyl (C=O) groups is 1. The molecule has 0 bridgehead atoms. The van der Waals surface area contributed by atoms with Gasteiger partial charge in [-0.1, -0.05) is 36.4 Å². The molecule has 1 aliphatic rings. The van der Waals surface area contributed by atoms with Gasteiger partial charge in [0, 0.05) is 18.5 Å². The molecule has 8 heteroatoms. The number of benzene rings is 2. The smallest absolute Gasteiger partial charge is 0.235 e. The molecule has 0 radical (unpaired) electrons. The standard InChI is InChI=1S/C21H25NO5S2/c1-16(2)28(24,25)15-18-4-8-19(9-5-18)21(23)14-17-6-10-20(11-7-17)22-12-3-13-29(22,26)27/h4-11,16H,3,12-15H2,1-2H3. The summed E-state index contributed by atoms with van der Waals surface area (Å²) in [5.41, 5.74) is 2.59. The Balaban J connectivity index is 1.66. The molecule has 1 heterocycles. The molecule has 1 aliphatic heterocycles. The molecular weight excluding hydrogens is 410 g/mol. The van der Waals surface area contributed by atoms with Crippen molar-refractivity contribution in [1.29, 1.82) is 0 Å². The van der Waals surface area contributed by atoms with E-state index in [1.54, 1.807) is 62.4 Å². The molecule has 1 saturated heterocycles. The molecule has 2 aromatic rings. The Morgan fingerprint density at radius 2 is 1.59 bits per heavy atom. The number of sulfone groups is 1. The maximum Gasteiger partial charge on any atom is 0.235 e. The molecular formula is C21H25NO5S2. The number of hydrogen-bond donors (Lipinski definition) is 0. The third-order valence-electron chi connectivity index (χ3n) is 5.05. The third kappa shape index (κ3) is 5.05. The van der Waals surface area contributed by atoms with E-state index in [0.717, 1.165) is 5.56 Å². The highest BCUT2D eigenvalue weighted by Crippen LogP contribution is 2.24. The zero-order valence-corrected chi connectivity index (χ0v) is 18.2. The molecule has 0 N–H and O–H groups in total. The van der Waals surface area contributed by atoms with Crippen LogP contribution in [-0.4, -0.2) is 40.2 Å². The molecule has 3 rings (SSSR count). The number of carbonyl (C=O) groups excluding carboxylic acids is 1. The molecule has 156 valence electrons. The van der Waals surface area contributed by atoms with Gasteiger partial charge in [-0.05, 0) is 43.5 Å². The molecule has 0 atom stereocenters. The van der Waals surface area contributed by atoms with Gasteiger partial charge in [0.05, 0.1) is 22.4 Å². The van der Waals surface area contributed by atoms with Crippen LogP contribution in [0.25, 0.3) is 0 Å². The van der Waals surface area contributed by atoms with Crippen molar-refractivity contribution < 1.29 is 21.6 Å². The fraction of sp³-hybridized carbons (Fsp3) is 0.381. The second-order valence-electron chi connectivity index (χ2n) is 7.56. The van der Waals surface area contributed by atoms with E-state index >= 15 is 0 Å². The monoisotopic (exact) mass is 435 g/mol. The Hall–Kier alpha value is -2.19. The van der Waals surface area contributed by atoms with Gasteiger partial charge >= 0.3 is 0 Å². The molecule has 1 fully saturated rings. The topological polar surface area (TPSA) is 88.6 Å². The van der Waals surface area contributed by atoms with E-state index in [1.165, 1.54) is 4.31 Å². The predicted octanol–water partition coefficient (Wildman–Crippen LogP) is 2.98. The number of hydrogen-bond acceptors (Lipinski definition) is 5. The van der Waals surface area contributed by atoms with Crippen LogP contribution in [0.3, 0.4) is 0 Å². The maximum atomic E-state index is 12.5. The van der Waals surface area contributed by atoms with Crippen LogP contribution in [-0.2, 0) is 32.0 Å². The van der Waals surface area contributed by atoms with Crippen molar-refractivity contribution in [2.24, 2.45) is 0 Å². The Kier molecular flexibility index (Phi) is 6.14. The molecule has 0 unspecified atom stereocenters. The van der Waals surface area contributed by atoms with Crippen molar-refractivity contribution in [3.05, 3.63) is 65.2 Å². The van der Waals surface area contributed by atoms with E-state index in [1.807, 2.05) is 0 Å². The zero-order valence-electron chi connectivity index (χ0n) is 16.5. The van der Waals surface area contributed by atoms with E-state index in [2.05, 4.69) is 0 Å². The molecule has 6 nitrogen and oxygen atoms in total. The maximum absolute atomic E-state index is 12.5. The number of anilines is 1. The fourth-order valence-electron chi connectivity index (χ4n) is 3.18. The Morgan fingerprint density at radius 1 is 1.00 bits per heavy atom. The minimum Gasteiger partial charge on any atom is -0.294 e. The summed E-state index contributed by atoms with van der Waals surface area (Å²) >= 11 is 0. The average molecular weight is 436 g/mol. The third-order valence-corrected chi connectivity index (χ3v) is 9.09. The predicted molar refractivity (Wildman–Crippen MR) is 114 cm³/mol. The average Bonchev–Trinajstić information content (AvgIpc) is 3.01. The lowest BCUT2D eigenvalue weighted by Gasteiger charge is -2.17. The number of ketones is 1. The molecule has 0 aliphatic carbocycles. The lowest BCUT2D eigenvalue weighted by molar-refractivity contribution is 0.0993. The first-order valence-electron chi connectivity index (χ1n) is 9.51. The van der Waals surface area contributed by atoms with Crippen molar-refractivity contribution >= 4 is 31.3 Å². The van der Waals surface area contributed by atoms with Crippen LogP contribution < -0.4 is 4.31 Å². The summed E-state index contributed by atoms with van der Waals surface area (Å²) in [6, 6.07) is 13.6. The first-order chi connectivity index (χ1) is 13.6. The summed E-state index contributed by atoms with van der Waals surface area (Å²) in [6.45, 7) is 3.79. The summed E-state index contributed by atoms with van der Waals surface area (Å²) in [7, 11) is -6.40. The summed E-state index contributed by atoms with van der Waals surface area (Å²) in [4.78, 5) is 12.5. The van der Waals surface area contributed by atoms with Crippen LogP contribution >= 0.6 is 0 Å². The normalized spacial score (nSPS) is 16.3. The molecule has 0 amide bonds. The summed E-state index contributed by atoms with van der Waals surface area (Å²) in [6.07, 6.45) is 0.813. The van der Waals surface area contributed by atoms with E-state index in [0.29, 0.717) is 29.8 Å². The Bertz CT molecular complexity index is 1090. The minimum absolute atomic E-state index is 0.0417. The van der Waals surface area contributed by atoms with Crippen LogP contribution in [0.15, 0.2) is 48.5 Å². The van der Waals surface area contributed by atoms with E-state index in [9.17, 15) is 21.6 Å². The van der Waals surface area contributed by atoms with Crippen LogP contribution in [0, 0.1) is 0 Å². The van der Waals surface area contributed by atoms with Crippen molar-refractivity contribution in [1.82, 2.24) is 0 Å². The van der Waals surface area contributed by atoms with E-state index in [4.69, 9.17) is 0 Å². The lowest BCUT2D eigenvalue weighted by atomic mass is 10.0. The van der Waals surface area contributed by atoms with Crippen LogP contribution in [0.4, 0.5) is 5.69 Å². The van der Waals surface area contributed by atoms with E-state index < -0.39 is 25.1 Å². The highest BCUT2D eigenvalue weighted by Gasteiger charge is 2.28. The van der Waals surface area contributed by atoms with Gasteiger partial charge < -0.3 is 0 Å². The summed E-state index contributed by atoms with van der Waals surface area (Å²) in [5, 5.41) is -0.442. The number of Topliss-reactive ketones (excluding diaryl/α,β-unsaturated/α-hetero) is 1. The number of nitrogens with zero attached hydrogens (tertiary/aromatic N) is 1. The van der Waals surface area contributed by atoms with Gasteiger partial charge in [-0.25, -0.2) is 16.8 Å². The van der Waals surface area contributed by atoms with Crippen LogP contribution in [0.5, 0.6) is 0 Å². The van der Waals surface area contributed by atoms with Gasteiger partial charge in [0.25, 0.3) is 0 Å². The quantitative estimate of drug-likeness (QED) is 0.624. The second kappa shape index (κ2) is 8.28. The Labute approximate surface area is 172 Å². The largest absolute Gasteiger partial charge is 0.294 e. The lowest BCUT2D eigenvalue weighted by Crippen LogP contribution is -2.24. The number of rotatable bonds is 7. The summed E-state index contributed by atoms with van der Waals surface area (Å²) < 4.78 is 49.4. The van der Waals surface area contributed by atoms with Crippen molar-refractivity contribution in [2.45, 2.75) is 37.7 Å². The molecule has 29 heavy (non-hydrogen) atoms. The molecule has 2 aromatic carbocycles. The molecule has 0 saturated carbocycles. The van der Waals surface area contributed by atoms with Crippen molar-refractivity contribution in [2.75, 3.05) is 16.6 Å². The van der Waals surface area contributed by atoms with Gasteiger partial charge in [0.2, 0.25) is 10.0 Å². The van der Waals surface area contributed by atoms with Gasteiger partial charge in [0.1, 0.15) is 0 Å². The highest BCUT2D eigenvalue weighted by molar-refractivity contribution is 7.93.